The second kappa shape index (κ2) is 6.22. The molecule has 2 amide bonds. The Hall–Kier alpha value is -2.04. The van der Waals surface area contributed by atoms with Gasteiger partial charge in [-0.25, -0.2) is 4.79 Å². The summed E-state index contributed by atoms with van der Waals surface area (Å²) in [6, 6.07) is 9.10. The van der Waals surface area contributed by atoms with E-state index in [9.17, 15) is 9.59 Å². The first-order valence-corrected chi connectivity index (χ1v) is 6.43. The summed E-state index contributed by atoms with van der Waals surface area (Å²) in [6.07, 6.45) is 0.946. The van der Waals surface area contributed by atoms with E-state index in [1.54, 1.807) is 0 Å². The van der Waals surface area contributed by atoms with E-state index in [2.05, 4.69) is 10.6 Å². The molecule has 102 valence electrons. The monoisotopic (exact) mass is 262 g/mol. The highest BCUT2D eigenvalue weighted by Crippen LogP contribution is 2.09. The van der Waals surface area contributed by atoms with Crippen LogP contribution in [0.15, 0.2) is 30.3 Å². The average molecular weight is 262 g/mol. The molecule has 2 rings (SSSR count). The minimum atomic E-state index is -0.557. The van der Waals surface area contributed by atoms with Gasteiger partial charge in [0.05, 0.1) is 0 Å². The van der Waals surface area contributed by atoms with Gasteiger partial charge in [-0.3, -0.25) is 4.79 Å². The summed E-state index contributed by atoms with van der Waals surface area (Å²) in [5.41, 5.74) is 0.916. The molecule has 1 aromatic rings. The number of piperidine rings is 1. The van der Waals surface area contributed by atoms with Gasteiger partial charge in [-0.05, 0) is 25.3 Å². The van der Waals surface area contributed by atoms with Crippen molar-refractivity contribution < 1.29 is 14.3 Å². The van der Waals surface area contributed by atoms with Crippen LogP contribution in [0.25, 0.3) is 0 Å². The summed E-state index contributed by atoms with van der Waals surface area (Å²) in [5.74, 6) is -0.143. The molecule has 1 aromatic carbocycles. The van der Waals surface area contributed by atoms with E-state index in [1.807, 2.05) is 37.3 Å². The standard InChI is InChI=1S/C14H18N2O3/c1-10-7-8-12(13(17)15-10)16-14(18)19-9-11-5-3-2-4-6-11/h2-6,10,12H,7-9H2,1H3,(H,15,17)(H,16,18). The SMILES string of the molecule is CC1CCC(NC(=O)OCc2ccccc2)C(=O)N1. The first-order chi connectivity index (χ1) is 9.15. The summed E-state index contributed by atoms with van der Waals surface area (Å²) in [7, 11) is 0. The minimum Gasteiger partial charge on any atom is -0.445 e. The lowest BCUT2D eigenvalue weighted by Crippen LogP contribution is -2.53. The number of rotatable bonds is 3. The number of amides is 2. The Kier molecular flexibility index (Phi) is 4.39. The number of alkyl carbamates (subject to hydrolysis) is 1. The fraction of sp³-hybridized carbons (Fsp3) is 0.429. The van der Waals surface area contributed by atoms with Gasteiger partial charge in [0.2, 0.25) is 5.91 Å². The highest BCUT2D eigenvalue weighted by molar-refractivity contribution is 5.86. The first kappa shape index (κ1) is 13.4. The second-order valence-electron chi connectivity index (χ2n) is 4.75. The molecule has 2 N–H and O–H groups in total. The predicted octanol–water partition coefficient (Wildman–Crippen LogP) is 1.58. The van der Waals surface area contributed by atoms with Gasteiger partial charge in [0, 0.05) is 6.04 Å². The molecule has 5 nitrogen and oxygen atoms in total. The zero-order chi connectivity index (χ0) is 13.7. The van der Waals surface area contributed by atoms with Gasteiger partial charge in [-0.1, -0.05) is 30.3 Å². The third-order valence-corrected chi connectivity index (χ3v) is 3.10. The van der Waals surface area contributed by atoms with Crippen LogP contribution in [0.3, 0.4) is 0 Å². The smallest absolute Gasteiger partial charge is 0.408 e. The van der Waals surface area contributed by atoms with Gasteiger partial charge in [-0.2, -0.15) is 0 Å². The highest BCUT2D eigenvalue weighted by Gasteiger charge is 2.27. The van der Waals surface area contributed by atoms with Crippen molar-refractivity contribution in [3.05, 3.63) is 35.9 Å². The molecule has 0 saturated carbocycles. The molecule has 1 heterocycles. The van der Waals surface area contributed by atoms with Crippen molar-refractivity contribution >= 4 is 12.0 Å². The molecule has 19 heavy (non-hydrogen) atoms. The number of carbonyl (C=O) groups excluding carboxylic acids is 2. The van der Waals surface area contributed by atoms with E-state index < -0.39 is 12.1 Å². The van der Waals surface area contributed by atoms with Crippen LogP contribution >= 0.6 is 0 Å². The van der Waals surface area contributed by atoms with Crippen LogP contribution in [0.2, 0.25) is 0 Å². The summed E-state index contributed by atoms with van der Waals surface area (Å²) >= 11 is 0. The lowest BCUT2D eigenvalue weighted by Gasteiger charge is -2.27. The average Bonchev–Trinajstić information content (AvgIpc) is 2.41. The molecule has 0 radical (unpaired) electrons. The quantitative estimate of drug-likeness (QED) is 0.869. The van der Waals surface area contributed by atoms with Gasteiger partial charge in [-0.15, -0.1) is 0 Å². The summed E-state index contributed by atoms with van der Waals surface area (Å²) in [5, 5.41) is 5.39. The Morgan fingerprint density at radius 2 is 2.11 bits per heavy atom. The number of hydrogen-bond acceptors (Lipinski definition) is 3. The maximum atomic E-state index is 11.6. The van der Waals surface area contributed by atoms with Gasteiger partial charge in [0.25, 0.3) is 0 Å². The molecular formula is C14H18N2O3. The summed E-state index contributed by atoms with van der Waals surface area (Å²) < 4.78 is 5.08. The van der Waals surface area contributed by atoms with Crippen molar-refractivity contribution in [3.8, 4) is 0 Å². The number of benzene rings is 1. The maximum absolute atomic E-state index is 11.6. The molecule has 1 aliphatic rings. The number of ether oxygens (including phenoxy) is 1. The Bertz CT molecular complexity index is 447. The fourth-order valence-electron chi connectivity index (χ4n) is 2.01. The van der Waals surface area contributed by atoms with Crippen molar-refractivity contribution in [1.29, 1.82) is 0 Å². The van der Waals surface area contributed by atoms with Gasteiger partial charge < -0.3 is 15.4 Å². The van der Waals surface area contributed by atoms with E-state index >= 15 is 0 Å². The maximum Gasteiger partial charge on any atom is 0.408 e. The van der Waals surface area contributed by atoms with Gasteiger partial charge in [0.15, 0.2) is 0 Å². The van der Waals surface area contributed by atoms with Crippen molar-refractivity contribution in [3.63, 3.8) is 0 Å². The molecule has 0 spiro atoms. The molecule has 1 aliphatic heterocycles. The largest absolute Gasteiger partial charge is 0.445 e. The third-order valence-electron chi connectivity index (χ3n) is 3.10. The molecule has 1 saturated heterocycles. The Balaban J connectivity index is 1.77. The van der Waals surface area contributed by atoms with Crippen molar-refractivity contribution in [2.75, 3.05) is 0 Å². The first-order valence-electron chi connectivity index (χ1n) is 6.43. The summed E-state index contributed by atoms with van der Waals surface area (Å²) in [6.45, 7) is 2.15. The van der Waals surface area contributed by atoms with Crippen LogP contribution < -0.4 is 10.6 Å². The third kappa shape index (κ3) is 3.98. The number of nitrogens with one attached hydrogen (secondary N) is 2. The molecule has 5 heteroatoms. The number of hydrogen-bond donors (Lipinski definition) is 2. The minimum absolute atomic E-state index is 0.143. The van der Waals surface area contributed by atoms with Gasteiger partial charge >= 0.3 is 6.09 Å². The van der Waals surface area contributed by atoms with Crippen LogP contribution in [-0.2, 0) is 16.1 Å². The van der Waals surface area contributed by atoms with Crippen LogP contribution in [0.4, 0.5) is 4.79 Å². The van der Waals surface area contributed by atoms with E-state index in [0.29, 0.717) is 6.42 Å². The lowest BCUT2D eigenvalue weighted by molar-refractivity contribution is -0.125. The second-order valence-corrected chi connectivity index (χ2v) is 4.75. The van der Waals surface area contributed by atoms with Crippen molar-refractivity contribution in [2.45, 2.75) is 38.5 Å². The van der Waals surface area contributed by atoms with Gasteiger partial charge in [0.1, 0.15) is 12.6 Å². The Morgan fingerprint density at radius 1 is 1.37 bits per heavy atom. The molecule has 0 aliphatic carbocycles. The molecule has 2 atom stereocenters. The molecule has 0 bridgehead atoms. The lowest BCUT2D eigenvalue weighted by atomic mass is 10.0. The van der Waals surface area contributed by atoms with Crippen LogP contribution in [0.5, 0.6) is 0 Å². The van der Waals surface area contributed by atoms with Crippen LogP contribution in [0.1, 0.15) is 25.3 Å². The molecule has 0 aromatic heterocycles. The zero-order valence-electron chi connectivity index (χ0n) is 10.9. The Labute approximate surface area is 112 Å². The van der Waals surface area contributed by atoms with E-state index in [4.69, 9.17) is 4.74 Å². The summed E-state index contributed by atoms with van der Waals surface area (Å²) in [4.78, 5) is 23.2. The van der Waals surface area contributed by atoms with Crippen molar-refractivity contribution in [2.24, 2.45) is 0 Å². The topological polar surface area (TPSA) is 67.4 Å². The predicted molar refractivity (Wildman–Crippen MR) is 70.4 cm³/mol. The molecular weight excluding hydrogens is 244 g/mol. The van der Waals surface area contributed by atoms with Crippen LogP contribution in [-0.4, -0.2) is 24.1 Å². The fourth-order valence-corrected chi connectivity index (χ4v) is 2.01. The van der Waals surface area contributed by atoms with E-state index in [0.717, 1.165) is 12.0 Å². The molecule has 1 fully saturated rings. The molecule has 2 unspecified atom stereocenters. The normalized spacial score (nSPS) is 22.5. The van der Waals surface area contributed by atoms with E-state index in [1.165, 1.54) is 0 Å². The zero-order valence-corrected chi connectivity index (χ0v) is 10.9. The number of carbonyl (C=O) groups is 2. The van der Waals surface area contributed by atoms with E-state index in [-0.39, 0.29) is 18.6 Å². The van der Waals surface area contributed by atoms with Crippen LogP contribution in [0, 0.1) is 0 Å². The Morgan fingerprint density at radius 3 is 2.79 bits per heavy atom. The van der Waals surface area contributed by atoms with Crippen molar-refractivity contribution in [1.82, 2.24) is 10.6 Å². The highest BCUT2D eigenvalue weighted by atomic mass is 16.5.